The predicted molar refractivity (Wildman–Crippen MR) is 35.9 cm³/mol. The monoisotopic (exact) mass is 111 g/mol. The number of hydrogen-bond donors (Lipinski definition) is 1. The van der Waals surface area contributed by atoms with Crippen molar-refractivity contribution in [2.75, 3.05) is 13.1 Å². The van der Waals surface area contributed by atoms with Crippen LogP contribution >= 0.6 is 0 Å². The molecule has 0 aromatic heterocycles. The van der Waals surface area contributed by atoms with Crippen LogP contribution < -0.4 is 5.32 Å². The van der Waals surface area contributed by atoms with Crippen LogP contribution in [0.4, 0.5) is 0 Å². The third-order valence-electron chi connectivity index (χ3n) is 1.47. The second kappa shape index (κ2) is 2.88. The van der Waals surface area contributed by atoms with Gasteiger partial charge in [0, 0.05) is 6.54 Å². The Morgan fingerprint density at radius 1 is 1.75 bits per heavy atom. The van der Waals surface area contributed by atoms with Gasteiger partial charge < -0.3 is 5.32 Å². The van der Waals surface area contributed by atoms with Crippen LogP contribution in [-0.4, -0.2) is 13.1 Å². The standard InChI is InChI=1S/C7H13N/c1-2-3-7-4-5-8-6-7/h3,8H,2,4-6H2,1H3/b7-3-. The molecule has 1 heteroatoms. The van der Waals surface area contributed by atoms with Crippen LogP contribution in [0.25, 0.3) is 0 Å². The highest BCUT2D eigenvalue weighted by Gasteiger charge is 2.02. The molecule has 1 aliphatic heterocycles. The third-order valence-corrected chi connectivity index (χ3v) is 1.47. The lowest BCUT2D eigenvalue weighted by Crippen LogP contribution is -2.04. The summed E-state index contributed by atoms with van der Waals surface area (Å²) in [6.07, 6.45) is 4.78. The molecule has 0 aromatic rings. The lowest BCUT2D eigenvalue weighted by atomic mass is 10.2. The number of allylic oxidation sites excluding steroid dienone is 1. The SMILES string of the molecule is CC/C=C1/CCNC1. The maximum Gasteiger partial charge on any atom is 0.0165 e. The van der Waals surface area contributed by atoms with E-state index in [0.29, 0.717) is 0 Å². The maximum atomic E-state index is 3.29. The van der Waals surface area contributed by atoms with Gasteiger partial charge in [0.25, 0.3) is 0 Å². The van der Waals surface area contributed by atoms with Crippen LogP contribution in [0.3, 0.4) is 0 Å². The summed E-state index contributed by atoms with van der Waals surface area (Å²) in [6.45, 7) is 4.50. The normalized spacial score (nSPS) is 24.9. The molecule has 46 valence electrons. The van der Waals surface area contributed by atoms with Gasteiger partial charge in [-0.25, -0.2) is 0 Å². The third kappa shape index (κ3) is 1.34. The van der Waals surface area contributed by atoms with E-state index < -0.39 is 0 Å². The summed E-state index contributed by atoms with van der Waals surface area (Å²) >= 11 is 0. The molecule has 1 rings (SSSR count). The van der Waals surface area contributed by atoms with Crippen LogP contribution in [0.2, 0.25) is 0 Å². The molecule has 0 amide bonds. The molecule has 0 unspecified atom stereocenters. The van der Waals surface area contributed by atoms with Crippen LogP contribution in [0, 0.1) is 0 Å². The topological polar surface area (TPSA) is 12.0 Å². The van der Waals surface area contributed by atoms with E-state index in [1.807, 2.05) is 0 Å². The number of nitrogens with one attached hydrogen (secondary N) is 1. The Bertz CT molecular complexity index is 86.6. The Kier molecular flexibility index (Phi) is 2.10. The van der Waals surface area contributed by atoms with Gasteiger partial charge in [-0.05, 0) is 19.4 Å². The zero-order valence-electron chi connectivity index (χ0n) is 5.41. The fourth-order valence-corrected chi connectivity index (χ4v) is 1.05. The highest BCUT2D eigenvalue weighted by molar-refractivity contribution is 5.08. The molecule has 0 aromatic carbocycles. The molecule has 0 aliphatic carbocycles. The molecule has 8 heavy (non-hydrogen) atoms. The molecule has 0 spiro atoms. The molecule has 0 atom stereocenters. The quantitative estimate of drug-likeness (QED) is 0.503. The molecule has 1 N–H and O–H groups in total. The van der Waals surface area contributed by atoms with Crippen molar-refractivity contribution in [3.63, 3.8) is 0 Å². The minimum absolute atomic E-state index is 1.13. The Balaban J connectivity index is 2.33. The van der Waals surface area contributed by atoms with Gasteiger partial charge in [-0.2, -0.15) is 0 Å². The zero-order valence-corrected chi connectivity index (χ0v) is 5.41. The smallest absolute Gasteiger partial charge is 0.0165 e. The molecule has 1 fully saturated rings. The van der Waals surface area contributed by atoms with E-state index in [2.05, 4.69) is 18.3 Å². The first-order valence-corrected chi connectivity index (χ1v) is 3.32. The average molecular weight is 111 g/mol. The lowest BCUT2D eigenvalue weighted by Gasteiger charge is -1.88. The highest BCUT2D eigenvalue weighted by Crippen LogP contribution is 2.05. The van der Waals surface area contributed by atoms with E-state index in [1.54, 1.807) is 5.57 Å². The first-order valence-electron chi connectivity index (χ1n) is 3.32. The molecule has 1 aliphatic rings. The van der Waals surface area contributed by atoms with Crippen LogP contribution in [0.5, 0.6) is 0 Å². The van der Waals surface area contributed by atoms with E-state index >= 15 is 0 Å². The summed E-state index contributed by atoms with van der Waals surface area (Å²) in [7, 11) is 0. The molecular weight excluding hydrogens is 98.1 g/mol. The summed E-state index contributed by atoms with van der Waals surface area (Å²) in [5.74, 6) is 0. The van der Waals surface area contributed by atoms with E-state index in [9.17, 15) is 0 Å². The average Bonchev–Trinajstić information content (AvgIpc) is 2.19. The fourth-order valence-electron chi connectivity index (χ4n) is 1.05. The van der Waals surface area contributed by atoms with Gasteiger partial charge in [0.05, 0.1) is 0 Å². The van der Waals surface area contributed by atoms with Crippen LogP contribution in [0.1, 0.15) is 19.8 Å². The van der Waals surface area contributed by atoms with Gasteiger partial charge in [0.15, 0.2) is 0 Å². The Labute approximate surface area is 50.8 Å². The minimum Gasteiger partial charge on any atom is -0.313 e. The lowest BCUT2D eigenvalue weighted by molar-refractivity contribution is 0.862. The van der Waals surface area contributed by atoms with Gasteiger partial charge in [0.2, 0.25) is 0 Å². The van der Waals surface area contributed by atoms with E-state index in [-0.39, 0.29) is 0 Å². The first kappa shape index (κ1) is 5.83. The van der Waals surface area contributed by atoms with E-state index in [0.717, 1.165) is 6.54 Å². The van der Waals surface area contributed by atoms with Crippen molar-refractivity contribution < 1.29 is 0 Å². The van der Waals surface area contributed by atoms with Crippen molar-refractivity contribution in [3.05, 3.63) is 11.6 Å². The first-order chi connectivity index (χ1) is 3.93. The van der Waals surface area contributed by atoms with Crippen molar-refractivity contribution in [3.8, 4) is 0 Å². The van der Waals surface area contributed by atoms with Crippen molar-refractivity contribution in [1.82, 2.24) is 5.32 Å². The molecule has 0 radical (unpaired) electrons. The number of rotatable bonds is 1. The molecule has 1 heterocycles. The predicted octanol–water partition coefficient (Wildman–Crippen LogP) is 1.32. The largest absolute Gasteiger partial charge is 0.313 e. The molecule has 1 nitrogen and oxygen atoms in total. The Morgan fingerprint density at radius 2 is 2.62 bits per heavy atom. The second-order valence-electron chi connectivity index (χ2n) is 2.20. The van der Waals surface area contributed by atoms with E-state index in [1.165, 1.54) is 19.4 Å². The Morgan fingerprint density at radius 3 is 3.12 bits per heavy atom. The molecule has 0 saturated carbocycles. The van der Waals surface area contributed by atoms with Crippen LogP contribution in [0.15, 0.2) is 11.6 Å². The van der Waals surface area contributed by atoms with Gasteiger partial charge in [0.1, 0.15) is 0 Å². The number of hydrogen-bond acceptors (Lipinski definition) is 1. The van der Waals surface area contributed by atoms with Gasteiger partial charge in [-0.15, -0.1) is 0 Å². The molecular formula is C7H13N. The van der Waals surface area contributed by atoms with Crippen molar-refractivity contribution in [2.45, 2.75) is 19.8 Å². The van der Waals surface area contributed by atoms with Crippen molar-refractivity contribution >= 4 is 0 Å². The molecule has 0 bridgehead atoms. The van der Waals surface area contributed by atoms with Crippen molar-refractivity contribution in [1.29, 1.82) is 0 Å². The van der Waals surface area contributed by atoms with Gasteiger partial charge >= 0.3 is 0 Å². The second-order valence-corrected chi connectivity index (χ2v) is 2.20. The summed E-state index contributed by atoms with van der Waals surface area (Å²) in [5, 5.41) is 3.29. The summed E-state index contributed by atoms with van der Waals surface area (Å²) in [5.41, 5.74) is 1.59. The summed E-state index contributed by atoms with van der Waals surface area (Å²) < 4.78 is 0. The zero-order chi connectivity index (χ0) is 5.82. The fraction of sp³-hybridized carbons (Fsp3) is 0.714. The Hall–Kier alpha value is -0.300. The van der Waals surface area contributed by atoms with E-state index in [4.69, 9.17) is 0 Å². The van der Waals surface area contributed by atoms with Gasteiger partial charge in [-0.3, -0.25) is 0 Å². The summed E-state index contributed by atoms with van der Waals surface area (Å²) in [4.78, 5) is 0. The minimum atomic E-state index is 1.13. The highest BCUT2D eigenvalue weighted by atomic mass is 14.9. The van der Waals surface area contributed by atoms with Crippen molar-refractivity contribution in [2.24, 2.45) is 0 Å². The maximum absolute atomic E-state index is 3.29. The van der Waals surface area contributed by atoms with Crippen LogP contribution in [-0.2, 0) is 0 Å². The molecule has 1 saturated heterocycles. The van der Waals surface area contributed by atoms with Gasteiger partial charge in [-0.1, -0.05) is 18.6 Å². The summed E-state index contributed by atoms with van der Waals surface area (Å²) in [6, 6.07) is 0.